The van der Waals surface area contributed by atoms with Crippen molar-refractivity contribution in [3.8, 4) is 0 Å². The average molecular weight is 149 g/mol. The van der Waals surface area contributed by atoms with Gasteiger partial charge >= 0.3 is 0 Å². The largest absolute Gasteiger partial charge is 0.394 e. The normalized spacial score (nSPS) is 16.4. The fourth-order valence-corrected chi connectivity index (χ4v) is 0.435. The van der Waals surface area contributed by atoms with E-state index < -0.39 is 24.6 Å². The van der Waals surface area contributed by atoms with E-state index in [1.54, 1.807) is 0 Å². The van der Waals surface area contributed by atoms with Gasteiger partial charge in [0.25, 0.3) is 0 Å². The topological polar surface area (TPSA) is 104 Å². The van der Waals surface area contributed by atoms with Crippen molar-refractivity contribution in [2.24, 2.45) is 5.73 Å². The zero-order valence-electron chi connectivity index (χ0n) is 5.40. The second kappa shape index (κ2) is 4.35. The Morgan fingerprint density at radius 1 is 1.50 bits per heavy atom. The fourth-order valence-electron chi connectivity index (χ4n) is 0.435. The number of Topliss-reactive ketones (excluding diaryl/α,β-unsaturated/α-hetero) is 1. The molecule has 60 valence electrons. The van der Waals surface area contributed by atoms with Crippen LogP contribution in [0.25, 0.3) is 0 Å². The maximum atomic E-state index is 10.5. The van der Waals surface area contributed by atoms with Crippen molar-refractivity contribution in [3.05, 3.63) is 0 Å². The van der Waals surface area contributed by atoms with Crippen LogP contribution in [0.1, 0.15) is 0 Å². The van der Waals surface area contributed by atoms with Crippen LogP contribution in [-0.2, 0) is 4.79 Å². The predicted molar refractivity (Wildman–Crippen MR) is 33.2 cm³/mol. The van der Waals surface area contributed by atoms with E-state index >= 15 is 0 Å². The average Bonchev–Trinajstić information content (AvgIpc) is 2.00. The number of nitrogens with two attached hydrogens (primary N) is 1. The summed E-state index contributed by atoms with van der Waals surface area (Å²) in [5.74, 6) is -0.679. The summed E-state index contributed by atoms with van der Waals surface area (Å²) in [4.78, 5) is 10.5. The highest BCUT2D eigenvalue weighted by Gasteiger charge is 2.21. The summed E-state index contributed by atoms with van der Waals surface area (Å²) in [5, 5.41) is 25.6. The quantitative estimate of drug-likeness (QED) is 0.346. The van der Waals surface area contributed by atoms with Crippen molar-refractivity contribution in [1.82, 2.24) is 0 Å². The second-order valence-corrected chi connectivity index (χ2v) is 1.87. The van der Waals surface area contributed by atoms with Gasteiger partial charge in [-0.1, -0.05) is 0 Å². The second-order valence-electron chi connectivity index (χ2n) is 1.87. The molecule has 0 aliphatic carbocycles. The Morgan fingerprint density at radius 2 is 2.00 bits per heavy atom. The molecular weight excluding hydrogens is 138 g/mol. The smallest absolute Gasteiger partial charge is 0.177 e. The maximum Gasteiger partial charge on any atom is 0.177 e. The fraction of sp³-hybridized carbons (Fsp3) is 0.800. The lowest BCUT2D eigenvalue weighted by Gasteiger charge is -2.12. The number of ketones is 1. The number of aliphatic hydroxyl groups excluding tert-OH is 3. The van der Waals surface area contributed by atoms with E-state index in [2.05, 4.69) is 0 Å². The third kappa shape index (κ3) is 2.40. The summed E-state index contributed by atoms with van der Waals surface area (Å²) in [6.45, 7) is -0.981. The molecule has 2 unspecified atom stereocenters. The number of rotatable bonds is 4. The van der Waals surface area contributed by atoms with Crippen molar-refractivity contribution in [2.75, 3.05) is 13.2 Å². The first-order valence-electron chi connectivity index (χ1n) is 2.83. The molecule has 0 fully saturated rings. The minimum atomic E-state index is -1.56. The Bertz CT molecular complexity index is 116. The van der Waals surface area contributed by atoms with E-state index in [-0.39, 0.29) is 6.54 Å². The van der Waals surface area contributed by atoms with Crippen molar-refractivity contribution < 1.29 is 20.1 Å². The van der Waals surface area contributed by atoms with Crippen LogP contribution in [0, 0.1) is 0 Å². The Kier molecular flexibility index (Phi) is 4.13. The highest BCUT2D eigenvalue weighted by molar-refractivity contribution is 5.85. The molecule has 0 saturated heterocycles. The van der Waals surface area contributed by atoms with E-state index in [0.717, 1.165) is 0 Å². The molecule has 5 heteroatoms. The zero-order chi connectivity index (χ0) is 8.15. The lowest BCUT2D eigenvalue weighted by Crippen LogP contribution is -2.39. The van der Waals surface area contributed by atoms with Gasteiger partial charge in [0.2, 0.25) is 0 Å². The number of hydrogen-bond donors (Lipinski definition) is 4. The first kappa shape index (κ1) is 9.51. The Balaban J connectivity index is 3.81. The first-order valence-corrected chi connectivity index (χ1v) is 2.83. The molecule has 0 aliphatic rings. The van der Waals surface area contributed by atoms with Gasteiger partial charge in [-0.05, 0) is 0 Å². The standard InChI is InChI=1S/C5H11NO4/c6-1-3(8)5(10)4(9)2-7/h4-5,7,9-10H,1-2,6H2. The molecule has 0 aromatic heterocycles. The molecule has 0 rings (SSSR count). The molecule has 5 nitrogen and oxygen atoms in total. The molecule has 5 N–H and O–H groups in total. The molecule has 0 bridgehead atoms. The number of carbonyl (C=O) groups is 1. The van der Waals surface area contributed by atoms with Crippen LogP contribution in [0.5, 0.6) is 0 Å². The summed E-state index contributed by atoms with van der Waals surface area (Å²) < 4.78 is 0. The minimum absolute atomic E-state index is 0.335. The summed E-state index contributed by atoms with van der Waals surface area (Å²) in [6, 6.07) is 0. The molecule has 10 heavy (non-hydrogen) atoms. The van der Waals surface area contributed by atoms with Gasteiger partial charge in [-0.25, -0.2) is 0 Å². The van der Waals surface area contributed by atoms with Gasteiger partial charge in [-0.2, -0.15) is 0 Å². The molecule has 0 aromatic carbocycles. The lowest BCUT2D eigenvalue weighted by molar-refractivity contribution is -0.133. The van der Waals surface area contributed by atoms with E-state index in [0.29, 0.717) is 0 Å². The van der Waals surface area contributed by atoms with Crippen molar-refractivity contribution in [1.29, 1.82) is 0 Å². The van der Waals surface area contributed by atoms with E-state index in [1.807, 2.05) is 0 Å². The van der Waals surface area contributed by atoms with Crippen molar-refractivity contribution in [2.45, 2.75) is 12.2 Å². The van der Waals surface area contributed by atoms with Crippen molar-refractivity contribution >= 4 is 5.78 Å². The molecular formula is C5H11NO4. The Labute approximate surface area is 58.1 Å². The highest BCUT2D eigenvalue weighted by Crippen LogP contribution is 1.92. The number of carbonyl (C=O) groups excluding carboxylic acids is 1. The van der Waals surface area contributed by atoms with E-state index in [4.69, 9.17) is 21.1 Å². The predicted octanol–water partition coefficient (Wildman–Crippen LogP) is -2.77. The molecule has 2 atom stereocenters. The zero-order valence-corrected chi connectivity index (χ0v) is 5.40. The lowest BCUT2D eigenvalue weighted by atomic mass is 10.1. The van der Waals surface area contributed by atoms with Gasteiger partial charge in [0.1, 0.15) is 12.2 Å². The van der Waals surface area contributed by atoms with E-state index in [1.165, 1.54) is 0 Å². The van der Waals surface area contributed by atoms with Crippen LogP contribution >= 0.6 is 0 Å². The number of hydrogen-bond acceptors (Lipinski definition) is 5. The Morgan fingerprint density at radius 3 is 2.30 bits per heavy atom. The van der Waals surface area contributed by atoms with Crippen LogP contribution in [0.2, 0.25) is 0 Å². The third-order valence-corrected chi connectivity index (χ3v) is 1.08. The molecule has 0 spiro atoms. The maximum absolute atomic E-state index is 10.5. The van der Waals surface area contributed by atoms with Crippen LogP contribution in [-0.4, -0.2) is 46.5 Å². The molecule has 0 radical (unpaired) electrons. The molecule has 0 heterocycles. The minimum Gasteiger partial charge on any atom is -0.394 e. The Hall–Kier alpha value is -0.490. The van der Waals surface area contributed by atoms with Crippen LogP contribution in [0.15, 0.2) is 0 Å². The monoisotopic (exact) mass is 149 g/mol. The summed E-state index contributed by atoms with van der Waals surface area (Å²) in [5.41, 5.74) is 4.86. The molecule has 0 aromatic rings. The molecule has 0 saturated carbocycles. The first-order chi connectivity index (χ1) is 4.63. The van der Waals surface area contributed by atoms with Gasteiger partial charge in [0, 0.05) is 0 Å². The molecule has 0 amide bonds. The van der Waals surface area contributed by atoms with Gasteiger partial charge < -0.3 is 21.1 Å². The van der Waals surface area contributed by atoms with Crippen LogP contribution < -0.4 is 5.73 Å². The van der Waals surface area contributed by atoms with Gasteiger partial charge in [-0.3, -0.25) is 4.79 Å². The van der Waals surface area contributed by atoms with Gasteiger partial charge in [0.15, 0.2) is 5.78 Å². The number of aliphatic hydroxyl groups is 3. The summed E-state index contributed by atoms with van der Waals surface area (Å²) in [7, 11) is 0. The van der Waals surface area contributed by atoms with Crippen molar-refractivity contribution in [3.63, 3.8) is 0 Å². The SMILES string of the molecule is NCC(=O)C(O)C(O)CO. The third-order valence-electron chi connectivity index (χ3n) is 1.08. The van der Waals surface area contributed by atoms with E-state index in [9.17, 15) is 4.79 Å². The summed E-state index contributed by atoms with van der Waals surface area (Å²) >= 11 is 0. The van der Waals surface area contributed by atoms with Gasteiger partial charge in [-0.15, -0.1) is 0 Å². The van der Waals surface area contributed by atoms with Crippen LogP contribution in [0.4, 0.5) is 0 Å². The highest BCUT2D eigenvalue weighted by atomic mass is 16.4. The van der Waals surface area contributed by atoms with Gasteiger partial charge in [0.05, 0.1) is 13.2 Å². The van der Waals surface area contributed by atoms with Crippen LogP contribution in [0.3, 0.4) is 0 Å². The summed E-state index contributed by atoms with van der Waals surface area (Å²) in [6.07, 6.45) is -2.98. The molecule has 0 aliphatic heterocycles.